The van der Waals surface area contributed by atoms with Gasteiger partial charge in [0.15, 0.2) is 5.82 Å². The second-order valence-electron chi connectivity index (χ2n) is 7.06. The molecule has 0 aliphatic heterocycles. The lowest BCUT2D eigenvalue weighted by Crippen LogP contribution is -2.10. The Labute approximate surface area is 152 Å². The van der Waals surface area contributed by atoms with Gasteiger partial charge in [-0.05, 0) is 29.2 Å². The van der Waals surface area contributed by atoms with E-state index in [0.29, 0.717) is 23.9 Å². The highest BCUT2D eigenvalue weighted by molar-refractivity contribution is 5.55. The van der Waals surface area contributed by atoms with Crippen LogP contribution >= 0.6 is 0 Å². The van der Waals surface area contributed by atoms with E-state index in [1.807, 2.05) is 12.1 Å². The van der Waals surface area contributed by atoms with Gasteiger partial charge in [0.05, 0.1) is 6.20 Å². The molecule has 1 aromatic heterocycles. The molecule has 0 atom stereocenters. The molecule has 0 fully saturated rings. The highest BCUT2D eigenvalue weighted by atomic mass is 19.1. The first-order valence-corrected chi connectivity index (χ1v) is 8.46. The molecule has 0 aliphatic carbocycles. The zero-order valence-electron chi connectivity index (χ0n) is 15.1. The van der Waals surface area contributed by atoms with E-state index in [-0.39, 0.29) is 11.2 Å². The predicted molar refractivity (Wildman–Crippen MR) is 102 cm³/mol. The zero-order chi connectivity index (χ0) is 18.6. The molecule has 134 valence electrons. The Morgan fingerprint density at radius 1 is 1.00 bits per heavy atom. The molecule has 6 heteroatoms. The summed E-state index contributed by atoms with van der Waals surface area (Å²) in [6, 6.07) is 14.8. The van der Waals surface area contributed by atoms with Crippen LogP contribution in [0.4, 0.5) is 21.8 Å². The van der Waals surface area contributed by atoms with E-state index in [2.05, 4.69) is 58.7 Å². The maximum Gasteiger partial charge on any atom is 0.249 e. The summed E-state index contributed by atoms with van der Waals surface area (Å²) in [6.45, 7) is 6.85. The Morgan fingerprint density at radius 3 is 2.42 bits per heavy atom. The van der Waals surface area contributed by atoms with Gasteiger partial charge in [0.2, 0.25) is 5.95 Å². The van der Waals surface area contributed by atoms with Crippen molar-refractivity contribution >= 4 is 17.5 Å². The van der Waals surface area contributed by atoms with Gasteiger partial charge in [0.1, 0.15) is 5.82 Å². The van der Waals surface area contributed by atoms with Crippen LogP contribution in [-0.4, -0.2) is 15.2 Å². The molecule has 3 rings (SSSR count). The topological polar surface area (TPSA) is 62.7 Å². The van der Waals surface area contributed by atoms with Crippen LogP contribution < -0.4 is 10.6 Å². The molecule has 0 radical (unpaired) electrons. The molecule has 2 aromatic carbocycles. The summed E-state index contributed by atoms with van der Waals surface area (Å²) >= 11 is 0. The molecule has 3 aromatic rings. The number of aromatic nitrogens is 3. The summed E-state index contributed by atoms with van der Waals surface area (Å²) < 4.78 is 13.7. The second kappa shape index (κ2) is 7.47. The summed E-state index contributed by atoms with van der Waals surface area (Å²) in [6.07, 6.45) is 1.51. The SMILES string of the molecule is CC(C)(C)c1ccc(Nc2nncc(NCc3ccccc3F)n2)cc1. The van der Waals surface area contributed by atoms with Crippen LogP contribution in [0.2, 0.25) is 0 Å². The van der Waals surface area contributed by atoms with Crippen molar-refractivity contribution in [1.82, 2.24) is 15.2 Å². The fourth-order valence-electron chi connectivity index (χ4n) is 2.45. The molecule has 2 N–H and O–H groups in total. The van der Waals surface area contributed by atoms with Crippen molar-refractivity contribution < 1.29 is 4.39 Å². The lowest BCUT2D eigenvalue weighted by atomic mass is 9.87. The lowest BCUT2D eigenvalue weighted by Gasteiger charge is -2.19. The molecule has 0 saturated carbocycles. The number of anilines is 3. The van der Waals surface area contributed by atoms with Crippen LogP contribution in [-0.2, 0) is 12.0 Å². The van der Waals surface area contributed by atoms with Crippen LogP contribution in [0.25, 0.3) is 0 Å². The van der Waals surface area contributed by atoms with Crippen LogP contribution in [0.15, 0.2) is 54.7 Å². The first-order valence-electron chi connectivity index (χ1n) is 8.46. The van der Waals surface area contributed by atoms with Gasteiger partial charge in [-0.15, -0.1) is 5.10 Å². The van der Waals surface area contributed by atoms with Gasteiger partial charge in [-0.25, -0.2) is 4.39 Å². The molecular weight excluding hydrogens is 329 g/mol. The molecule has 0 unspecified atom stereocenters. The van der Waals surface area contributed by atoms with E-state index >= 15 is 0 Å². The summed E-state index contributed by atoms with van der Waals surface area (Å²) in [4.78, 5) is 4.37. The monoisotopic (exact) mass is 351 g/mol. The first kappa shape index (κ1) is 17.8. The number of benzene rings is 2. The minimum atomic E-state index is -0.251. The number of hydrogen-bond acceptors (Lipinski definition) is 5. The maximum absolute atomic E-state index is 13.7. The van der Waals surface area contributed by atoms with Crippen molar-refractivity contribution in [2.75, 3.05) is 10.6 Å². The summed E-state index contributed by atoms with van der Waals surface area (Å²) in [5, 5.41) is 14.1. The molecule has 0 amide bonds. The molecule has 0 bridgehead atoms. The number of halogens is 1. The first-order chi connectivity index (χ1) is 12.4. The second-order valence-corrected chi connectivity index (χ2v) is 7.06. The van der Waals surface area contributed by atoms with E-state index in [0.717, 1.165) is 5.69 Å². The van der Waals surface area contributed by atoms with Crippen LogP contribution in [0.1, 0.15) is 31.9 Å². The van der Waals surface area contributed by atoms with E-state index in [1.54, 1.807) is 18.2 Å². The van der Waals surface area contributed by atoms with E-state index in [1.165, 1.54) is 17.8 Å². The number of nitrogens with zero attached hydrogens (tertiary/aromatic N) is 3. The Morgan fingerprint density at radius 2 is 1.73 bits per heavy atom. The van der Waals surface area contributed by atoms with E-state index in [4.69, 9.17) is 0 Å². The highest BCUT2D eigenvalue weighted by Crippen LogP contribution is 2.24. The van der Waals surface area contributed by atoms with Gasteiger partial charge in [-0.3, -0.25) is 0 Å². The van der Waals surface area contributed by atoms with Gasteiger partial charge in [0, 0.05) is 17.8 Å². The summed E-state index contributed by atoms with van der Waals surface area (Å²) in [5.74, 6) is 0.656. The average molecular weight is 351 g/mol. The van der Waals surface area contributed by atoms with Crippen molar-refractivity contribution in [3.8, 4) is 0 Å². The number of nitrogens with one attached hydrogen (secondary N) is 2. The number of hydrogen-bond donors (Lipinski definition) is 2. The maximum atomic E-state index is 13.7. The third-order valence-electron chi connectivity index (χ3n) is 3.98. The Hall–Kier alpha value is -3.02. The van der Waals surface area contributed by atoms with Gasteiger partial charge in [-0.1, -0.05) is 51.1 Å². The molecule has 0 aliphatic rings. The number of rotatable bonds is 5. The normalized spacial score (nSPS) is 11.2. The summed E-state index contributed by atoms with van der Waals surface area (Å²) in [7, 11) is 0. The molecule has 1 heterocycles. The Bertz CT molecular complexity index is 872. The lowest BCUT2D eigenvalue weighted by molar-refractivity contribution is 0.590. The van der Waals surface area contributed by atoms with Crippen molar-refractivity contribution in [3.05, 3.63) is 71.7 Å². The van der Waals surface area contributed by atoms with Crippen molar-refractivity contribution in [2.24, 2.45) is 0 Å². The van der Waals surface area contributed by atoms with Gasteiger partial charge < -0.3 is 10.6 Å². The molecule has 0 saturated heterocycles. The molecule has 26 heavy (non-hydrogen) atoms. The molecule has 5 nitrogen and oxygen atoms in total. The predicted octanol–water partition coefficient (Wildman–Crippen LogP) is 4.66. The minimum Gasteiger partial charge on any atom is -0.364 e. The van der Waals surface area contributed by atoms with Gasteiger partial charge >= 0.3 is 0 Å². The van der Waals surface area contributed by atoms with Crippen LogP contribution in [0.3, 0.4) is 0 Å². The third kappa shape index (κ3) is 4.53. The Kier molecular flexibility index (Phi) is 5.11. The fraction of sp³-hybridized carbons (Fsp3) is 0.250. The van der Waals surface area contributed by atoms with Crippen LogP contribution in [0.5, 0.6) is 0 Å². The van der Waals surface area contributed by atoms with Crippen molar-refractivity contribution in [1.29, 1.82) is 0 Å². The van der Waals surface area contributed by atoms with Crippen molar-refractivity contribution in [3.63, 3.8) is 0 Å². The zero-order valence-corrected chi connectivity index (χ0v) is 15.1. The van der Waals surface area contributed by atoms with Gasteiger partial charge in [0.25, 0.3) is 0 Å². The summed E-state index contributed by atoms with van der Waals surface area (Å²) in [5.41, 5.74) is 2.81. The quantitative estimate of drug-likeness (QED) is 0.700. The largest absolute Gasteiger partial charge is 0.364 e. The molecular formula is C20H22FN5. The van der Waals surface area contributed by atoms with E-state index in [9.17, 15) is 4.39 Å². The Balaban J connectivity index is 1.66. The van der Waals surface area contributed by atoms with Crippen LogP contribution in [0, 0.1) is 5.82 Å². The minimum absolute atomic E-state index is 0.104. The smallest absolute Gasteiger partial charge is 0.249 e. The van der Waals surface area contributed by atoms with Crippen molar-refractivity contribution in [2.45, 2.75) is 32.7 Å². The fourth-order valence-corrected chi connectivity index (χ4v) is 2.45. The third-order valence-corrected chi connectivity index (χ3v) is 3.98. The highest BCUT2D eigenvalue weighted by Gasteiger charge is 2.13. The molecule has 0 spiro atoms. The average Bonchev–Trinajstić information content (AvgIpc) is 2.61. The standard InChI is InChI=1S/C20H22FN5/c1-20(2,3)15-8-10-16(11-9-15)24-19-25-18(13-23-26-19)22-12-14-6-4-5-7-17(14)21/h4-11,13H,12H2,1-3H3,(H2,22,24,25,26). The van der Waals surface area contributed by atoms with Gasteiger partial charge in [-0.2, -0.15) is 10.1 Å². The van der Waals surface area contributed by atoms with E-state index < -0.39 is 0 Å².